The summed E-state index contributed by atoms with van der Waals surface area (Å²) in [6.45, 7) is 0. The molecule has 0 bridgehead atoms. The first kappa shape index (κ1) is 13.1. The molecular weight excluding hydrogens is 259 g/mol. The summed E-state index contributed by atoms with van der Waals surface area (Å²) in [6.07, 6.45) is -1.88. The van der Waals surface area contributed by atoms with Crippen molar-refractivity contribution in [2.75, 3.05) is 5.32 Å². The van der Waals surface area contributed by atoms with Crippen molar-refractivity contribution < 1.29 is 18.0 Å². The van der Waals surface area contributed by atoms with Gasteiger partial charge in [-0.1, -0.05) is 18.2 Å². The summed E-state index contributed by atoms with van der Waals surface area (Å²) in [7, 11) is 1.71. The number of imidazole rings is 1. The van der Waals surface area contributed by atoms with Crippen molar-refractivity contribution in [3.05, 3.63) is 36.8 Å². The number of hydrogen-bond acceptors (Lipinski definition) is 2. The van der Waals surface area contributed by atoms with Gasteiger partial charge in [0.2, 0.25) is 0 Å². The molecule has 0 aliphatic rings. The molecule has 0 atom stereocenters. The molecule has 1 amide bonds. The van der Waals surface area contributed by atoms with Gasteiger partial charge in [-0.3, -0.25) is 4.79 Å². The van der Waals surface area contributed by atoms with E-state index in [0.29, 0.717) is 11.3 Å². The third kappa shape index (κ3) is 2.75. The van der Waals surface area contributed by atoms with Crippen LogP contribution in [0.2, 0.25) is 0 Å². The summed E-state index contributed by atoms with van der Waals surface area (Å²) in [5, 5.41) is 1.86. The van der Waals surface area contributed by atoms with E-state index >= 15 is 0 Å². The molecule has 1 aromatic heterocycles. The lowest BCUT2D eigenvalue weighted by Gasteiger charge is -2.12. The largest absolute Gasteiger partial charge is 0.471 e. The molecule has 19 heavy (non-hydrogen) atoms. The van der Waals surface area contributed by atoms with Gasteiger partial charge in [0.05, 0.1) is 23.9 Å². The predicted octanol–water partition coefficient (Wildman–Crippen LogP) is 2.59. The number of carbonyl (C=O) groups is 1. The number of aromatic nitrogens is 2. The van der Waals surface area contributed by atoms with E-state index in [4.69, 9.17) is 0 Å². The molecule has 0 unspecified atom stereocenters. The van der Waals surface area contributed by atoms with E-state index in [1.165, 1.54) is 18.6 Å². The molecule has 100 valence electrons. The average molecular weight is 269 g/mol. The molecule has 0 radical (unpaired) electrons. The molecule has 2 rings (SSSR count). The lowest BCUT2D eigenvalue weighted by Crippen LogP contribution is -2.30. The molecule has 1 aromatic carbocycles. The molecule has 0 saturated heterocycles. The molecule has 1 N–H and O–H groups in total. The number of anilines is 1. The monoisotopic (exact) mass is 269 g/mol. The summed E-state index contributed by atoms with van der Waals surface area (Å²) < 4.78 is 38.4. The van der Waals surface area contributed by atoms with Gasteiger partial charge in [-0.05, 0) is 6.07 Å². The number of aryl methyl sites for hydroxylation is 1. The van der Waals surface area contributed by atoms with Crippen LogP contribution in [-0.4, -0.2) is 21.6 Å². The van der Waals surface area contributed by atoms with E-state index in [1.54, 1.807) is 29.8 Å². The highest BCUT2D eigenvalue weighted by Gasteiger charge is 2.39. The first-order valence-corrected chi connectivity index (χ1v) is 5.33. The first-order chi connectivity index (χ1) is 8.89. The normalized spacial score (nSPS) is 11.4. The fraction of sp³-hybridized carbons (Fsp3) is 0.167. The Morgan fingerprint density at radius 1 is 1.32 bits per heavy atom. The Labute approximate surface area is 106 Å². The standard InChI is InChI=1S/C12H10F3N3O/c1-18-7-16-6-10(18)8-4-2-3-5-9(8)17-11(19)12(13,14)15/h2-7H,1H3,(H,17,19). The predicted molar refractivity (Wildman–Crippen MR) is 63.3 cm³/mol. The van der Waals surface area contributed by atoms with Crippen LogP contribution in [0.15, 0.2) is 36.8 Å². The molecule has 2 aromatic rings. The number of amides is 1. The van der Waals surface area contributed by atoms with Crippen LogP contribution in [0.5, 0.6) is 0 Å². The maximum Gasteiger partial charge on any atom is 0.471 e. The van der Waals surface area contributed by atoms with Gasteiger partial charge in [0.1, 0.15) is 0 Å². The van der Waals surface area contributed by atoms with Crippen molar-refractivity contribution in [2.45, 2.75) is 6.18 Å². The number of benzene rings is 1. The van der Waals surface area contributed by atoms with Crippen LogP contribution in [0.3, 0.4) is 0 Å². The molecule has 0 spiro atoms. The fourth-order valence-electron chi connectivity index (χ4n) is 1.63. The summed E-state index contributed by atoms with van der Waals surface area (Å²) in [6, 6.07) is 6.24. The zero-order valence-corrected chi connectivity index (χ0v) is 9.90. The van der Waals surface area contributed by atoms with Crippen molar-refractivity contribution >= 4 is 11.6 Å². The quantitative estimate of drug-likeness (QED) is 0.910. The summed E-state index contributed by atoms with van der Waals surface area (Å²) >= 11 is 0. The number of alkyl halides is 3. The summed E-state index contributed by atoms with van der Waals surface area (Å²) in [5.74, 6) is -2.00. The van der Waals surface area contributed by atoms with E-state index in [-0.39, 0.29) is 5.69 Å². The van der Waals surface area contributed by atoms with Crippen LogP contribution in [0.25, 0.3) is 11.3 Å². The molecule has 0 aliphatic heterocycles. The second kappa shape index (κ2) is 4.75. The van der Waals surface area contributed by atoms with Crippen LogP contribution in [0, 0.1) is 0 Å². The Hall–Kier alpha value is -2.31. The minimum atomic E-state index is -4.92. The SMILES string of the molecule is Cn1cncc1-c1ccccc1NC(=O)C(F)(F)F. The second-order valence-electron chi connectivity index (χ2n) is 3.89. The number of nitrogens with one attached hydrogen (secondary N) is 1. The molecule has 0 fully saturated rings. The molecule has 4 nitrogen and oxygen atoms in total. The number of rotatable bonds is 2. The Kier molecular flexibility index (Phi) is 3.28. The number of para-hydroxylation sites is 1. The molecule has 0 aliphatic carbocycles. The molecular formula is C12H10F3N3O. The van der Waals surface area contributed by atoms with E-state index in [2.05, 4.69) is 4.98 Å². The molecule has 7 heteroatoms. The third-order valence-corrected chi connectivity index (χ3v) is 2.53. The molecule has 0 saturated carbocycles. The Balaban J connectivity index is 2.38. The van der Waals surface area contributed by atoms with Crippen molar-refractivity contribution in [1.82, 2.24) is 9.55 Å². The van der Waals surface area contributed by atoms with Crippen LogP contribution < -0.4 is 5.32 Å². The van der Waals surface area contributed by atoms with E-state index in [0.717, 1.165) is 0 Å². The number of hydrogen-bond donors (Lipinski definition) is 1. The van der Waals surface area contributed by atoms with Gasteiger partial charge >= 0.3 is 12.1 Å². The smallest absolute Gasteiger partial charge is 0.334 e. The van der Waals surface area contributed by atoms with Crippen molar-refractivity contribution in [1.29, 1.82) is 0 Å². The highest BCUT2D eigenvalue weighted by atomic mass is 19.4. The van der Waals surface area contributed by atoms with Gasteiger partial charge in [0, 0.05) is 12.6 Å². The van der Waals surface area contributed by atoms with Gasteiger partial charge in [0.25, 0.3) is 0 Å². The number of nitrogens with zero attached hydrogens (tertiary/aromatic N) is 2. The van der Waals surface area contributed by atoms with Crippen molar-refractivity contribution in [3.63, 3.8) is 0 Å². The zero-order chi connectivity index (χ0) is 14.0. The summed E-state index contributed by atoms with van der Waals surface area (Å²) in [5.41, 5.74) is 1.17. The van der Waals surface area contributed by atoms with Crippen LogP contribution in [0.4, 0.5) is 18.9 Å². The van der Waals surface area contributed by atoms with Gasteiger partial charge in [-0.25, -0.2) is 4.98 Å². The van der Waals surface area contributed by atoms with Gasteiger partial charge in [0.15, 0.2) is 0 Å². The minimum Gasteiger partial charge on any atom is -0.334 e. The molecule has 1 heterocycles. The van der Waals surface area contributed by atoms with Gasteiger partial charge in [-0.15, -0.1) is 0 Å². The fourth-order valence-corrected chi connectivity index (χ4v) is 1.63. The lowest BCUT2D eigenvalue weighted by atomic mass is 10.1. The minimum absolute atomic E-state index is 0.0911. The van der Waals surface area contributed by atoms with Gasteiger partial charge in [-0.2, -0.15) is 13.2 Å². The van der Waals surface area contributed by atoms with Gasteiger partial charge < -0.3 is 9.88 Å². The Bertz CT molecular complexity index is 604. The second-order valence-corrected chi connectivity index (χ2v) is 3.89. The Morgan fingerprint density at radius 3 is 2.58 bits per heavy atom. The van der Waals surface area contributed by atoms with E-state index in [1.807, 2.05) is 5.32 Å². The average Bonchev–Trinajstić information content (AvgIpc) is 2.75. The lowest BCUT2D eigenvalue weighted by molar-refractivity contribution is -0.167. The van der Waals surface area contributed by atoms with E-state index in [9.17, 15) is 18.0 Å². The first-order valence-electron chi connectivity index (χ1n) is 5.33. The topological polar surface area (TPSA) is 46.9 Å². The maximum atomic E-state index is 12.3. The Morgan fingerprint density at radius 2 is 2.00 bits per heavy atom. The van der Waals surface area contributed by atoms with Crippen molar-refractivity contribution in [2.24, 2.45) is 7.05 Å². The zero-order valence-electron chi connectivity index (χ0n) is 9.90. The summed E-state index contributed by atoms with van der Waals surface area (Å²) in [4.78, 5) is 14.9. The number of halogens is 3. The highest BCUT2D eigenvalue weighted by Crippen LogP contribution is 2.28. The highest BCUT2D eigenvalue weighted by molar-refractivity contribution is 5.98. The maximum absolute atomic E-state index is 12.3. The van der Waals surface area contributed by atoms with E-state index < -0.39 is 12.1 Å². The van der Waals surface area contributed by atoms with Crippen LogP contribution >= 0.6 is 0 Å². The van der Waals surface area contributed by atoms with Crippen LogP contribution in [0.1, 0.15) is 0 Å². The number of carbonyl (C=O) groups excluding carboxylic acids is 1. The van der Waals surface area contributed by atoms with Crippen LogP contribution in [-0.2, 0) is 11.8 Å². The third-order valence-electron chi connectivity index (χ3n) is 2.53. The van der Waals surface area contributed by atoms with Crippen molar-refractivity contribution in [3.8, 4) is 11.3 Å².